The van der Waals surface area contributed by atoms with Crippen molar-refractivity contribution in [1.29, 1.82) is 0 Å². The van der Waals surface area contributed by atoms with Crippen molar-refractivity contribution in [2.24, 2.45) is 5.73 Å². The molecule has 142 valence electrons. The Bertz CT molecular complexity index is 596. The van der Waals surface area contributed by atoms with Crippen molar-refractivity contribution < 1.29 is 9.59 Å². The Hall–Kier alpha value is -0.890. The van der Waals surface area contributed by atoms with Crippen LogP contribution >= 0.6 is 36.2 Å². The first kappa shape index (κ1) is 22.2. The maximum Gasteiger partial charge on any atom is 0.228 e. The SMILES string of the molecule is CC(N)C1CCCCN1C(=O)Cc1csc(N2CCCC2=O)n1.Cl.Cl. The predicted molar refractivity (Wildman–Crippen MR) is 105 cm³/mol. The molecule has 2 aliphatic rings. The lowest BCUT2D eigenvalue weighted by Crippen LogP contribution is -2.52. The summed E-state index contributed by atoms with van der Waals surface area (Å²) in [5, 5.41) is 2.61. The fraction of sp³-hybridized carbons (Fsp3) is 0.688. The molecule has 2 saturated heterocycles. The van der Waals surface area contributed by atoms with E-state index in [9.17, 15) is 9.59 Å². The van der Waals surface area contributed by atoms with Crippen molar-refractivity contribution >= 4 is 53.1 Å². The van der Waals surface area contributed by atoms with Gasteiger partial charge in [0.2, 0.25) is 11.8 Å². The lowest BCUT2D eigenvalue weighted by atomic mass is 9.96. The van der Waals surface area contributed by atoms with Gasteiger partial charge in [0.05, 0.1) is 12.1 Å². The van der Waals surface area contributed by atoms with Crippen molar-refractivity contribution in [2.75, 3.05) is 18.0 Å². The minimum atomic E-state index is -0.00698. The van der Waals surface area contributed by atoms with Crippen molar-refractivity contribution in [3.05, 3.63) is 11.1 Å². The second-order valence-electron chi connectivity index (χ2n) is 6.46. The molecule has 0 saturated carbocycles. The highest BCUT2D eigenvalue weighted by molar-refractivity contribution is 7.14. The number of nitrogens with zero attached hydrogens (tertiary/aromatic N) is 3. The molecule has 25 heavy (non-hydrogen) atoms. The molecule has 0 spiro atoms. The smallest absolute Gasteiger partial charge is 0.228 e. The molecule has 2 N–H and O–H groups in total. The number of carbonyl (C=O) groups excluding carboxylic acids is 2. The van der Waals surface area contributed by atoms with E-state index in [4.69, 9.17) is 5.73 Å². The molecular weight excluding hydrogens is 383 g/mol. The summed E-state index contributed by atoms with van der Waals surface area (Å²) >= 11 is 1.44. The summed E-state index contributed by atoms with van der Waals surface area (Å²) in [7, 11) is 0. The zero-order valence-corrected chi connectivity index (χ0v) is 16.8. The molecule has 2 atom stereocenters. The number of thiazole rings is 1. The number of piperidine rings is 1. The maximum absolute atomic E-state index is 12.6. The fourth-order valence-corrected chi connectivity index (χ4v) is 4.29. The van der Waals surface area contributed by atoms with E-state index in [1.807, 2.05) is 17.2 Å². The fourth-order valence-electron chi connectivity index (χ4n) is 3.42. The first-order valence-corrected chi connectivity index (χ1v) is 9.24. The van der Waals surface area contributed by atoms with Gasteiger partial charge >= 0.3 is 0 Å². The average molecular weight is 409 g/mol. The highest BCUT2D eigenvalue weighted by atomic mass is 35.5. The van der Waals surface area contributed by atoms with Crippen LogP contribution in [0.1, 0.15) is 44.7 Å². The molecule has 1 aromatic heterocycles. The molecule has 1 aromatic rings. The third-order valence-electron chi connectivity index (χ3n) is 4.65. The molecule has 9 heteroatoms. The van der Waals surface area contributed by atoms with Crippen LogP contribution in [0, 0.1) is 0 Å². The van der Waals surface area contributed by atoms with Crippen LogP contribution in [0.25, 0.3) is 0 Å². The summed E-state index contributed by atoms with van der Waals surface area (Å²) < 4.78 is 0. The average Bonchev–Trinajstić information content (AvgIpc) is 3.15. The van der Waals surface area contributed by atoms with Crippen LogP contribution in [-0.4, -0.2) is 46.9 Å². The van der Waals surface area contributed by atoms with Crippen molar-refractivity contribution in [2.45, 2.75) is 57.5 Å². The summed E-state index contributed by atoms with van der Waals surface area (Å²) in [6.45, 7) is 3.49. The number of rotatable bonds is 4. The molecule has 3 heterocycles. The second kappa shape index (κ2) is 9.71. The van der Waals surface area contributed by atoms with Gasteiger partial charge in [0.1, 0.15) is 0 Å². The number of likely N-dealkylation sites (tertiary alicyclic amines) is 1. The van der Waals surface area contributed by atoms with Gasteiger partial charge < -0.3 is 10.6 Å². The zero-order chi connectivity index (χ0) is 16.4. The van der Waals surface area contributed by atoms with Crippen LogP contribution in [0.5, 0.6) is 0 Å². The Morgan fingerprint density at radius 1 is 1.36 bits per heavy atom. The largest absolute Gasteiger partial charge is 0.338 e. The van der Waals surface area contributed by atoms with Crippen molar-refractivity contribution in [3.8, 4) is 0 Å². The summed E-state index contributed by atoms with van der Waals surface area (Å²) in [6.07, 6.45) is 4.93. The summed E-state index contributed by atoms with van der Waals surface area (Å²) in [5.74, 6) is 0.224. The molecule has 0 bridgehead atoms. The van der Waals surface area contributed by atoms with E-state index in [-0.39, 0.29) is 48.7 Å². The number of aromatic nitrogens is 1. The Labute approximate surface area is 165 Å². The van der Waals surface area contributed by atoms with Crippen molar-refractivity contribution in [1.82, 2.24) is 9.88 Å². The molecule has 3 rings (SSSR count). The van der Waals surface area contributed by atoms with Gasteiger partial charge in [-0.15, -0.1) is 36.2 Å². The topological polar surface area (TPSA) is 79.5 Å². The molecule has 2 amide bonds. The standard InChI is InChI=1S/C16H24N4O2S.2ClH/c1-11(17)13-5-2-3-7-19(13)15(22)9-12-10-23-16(18-12)20-8-4-6-14(20)21;;/h10-11,13H,2-9,17H2,1H3;2*1H. The van der Waals surface area contributed by atoms with Gasteiger partial charge in [-0.1, -0.05) is 0 Å². The second-order valence-corrected chi connectivity index (χ2v) is 7.29. The molecule has 2 unspecified atom stereocenters. The quantitative estimate of drug-likeness (QED) is 0.828. The normalized spacial score (nSPS) is 21.5. The number of amides is 2. The van der Waals surface area contributed by atoms with Crippen LogP contribution in [0.15, 0.2) is 5.38 Å². The van der Waals surface area contributed by atoms with Gasteiger partial charge in [-0.3, -0.25) is 14.5 Å². The third kappa shape index (κ3) is 5.06. The van der Waals surface area contributed by atoms with E-state index in [1.54, 1.807) is 4.90 Å². The maximum atomic E-state index is 12.6. The lowest BCUT2D eigenvalue weighted by Gasteiger charge is -2.38. The Balaban J connectivity index is 0.00000156. The number of anilines is 1. The van der Waals surface area contributed by atoms with E-state index in [0.717, 1.165) is 49.6 Å². The first-order valence-electron chi connectivity index (χ1n) is 8.36. The predicted octanol–water partition coefficient (Wildman–Crippen LogP) is 2.38. The van der Waals surface area contributed by atoms with Gasteiger partial charge in [0.15, 0.2) is 5.13 Å². The van der Waals surface area contributed by atoms with Gasteiger partial charge in [-0.2, -0.15) is 0 Å². The Morgan fingerprint density at radius 2 is 2.12 bits per heavy atom. The highest BCUT2D eigenvalue weighted by Crippen LogP contribution is 2.26. The molecule has 0 aliphatic carbocycles. The Kier molecular flexibility index (Phi) is 8.60. The number of hydrogen-bond acceptors (Lipinski definition) is 5. The van der Waals surface area contributed by atoms with Crippen LogP contribution in [-0.2, 0) is 16.0 Å². The van der Waals surface area contributed by atoms with E-state index >= 15 is 0 Å². The van der Waals surface area contributed by atoms with Crippen molar-refractivity contribution in [3.63, 3.8) is 0 Å². The van der Waals surface area contributed by atoms with Gasteiger partial charge in [-0.25, -0.2) is 4.98 Å². The molecular formula is C16H26Cl2N4O2S. The number of carbonyl (C=O) groups is 2. The summed E-state index contributed by atoms with van der Waals surface area (Å²) in [6, 6.07) is 0.127. The molecule has 2 aliphatic heterocycles. The van der Waals surface area contributed by atoms with Crippen LogP contribution in [0.2, 0.25) is 0 Å². The first-order chi connectivity index (χ1) is 11.1. The number of nitrogens with two attached hydrogens (primary N) is 1. The number of halogens is 2. The molecule has 0 radical (unpaired) electrons. The highest BCUT2D eigenvalue weighted by Gasteiger charge is 2.30. The monoisotopic (exact) mass is 408 g/mol. The minimum absolute atomic E-state index is 0. The van der Waals surface area contributed by atoms with E-state index in [1.165, 1.54) is 11.3 Å². The van der Waals surface area contributed by atoms with Crippen LogP contribution in [0.3, 0.4) is 0 Å². The molecule has 6 nitrogen and oxygen atoms in total. The van der Waals surface area contributed by atoms with Gasteiger partial charge in [0.25, 0.3) is 0 Å². The van der Waals surface area contributed by atoms with Crippen LogP contribution in [0.4, 0.5) is 5.13 Å². The summed E-state index contributed by atoms with van der Waals surface area (Å²) in [4.78, 5) is 32.6. The van der Waals surface area contributed by atoms with E-state index in [0.29, 0.717) is 12.8 Å². The van der Waals surface area contributed by atoms with Gasteiger partial charge in [-0.05, 0) is 32.6 Å². The lowest BCUT2D eigenvalue weighted by molar-refractivity contribution is -0.134. The van der Waals surface area contributed by atoms with E-state index in [2.05, 4.69) is 4.98 Å². The zero-order valence-electron chi connectivity index (χ0n) is 14.3. The minimum Gasteiger partial charge on any atom is -0.338 e. The Morgan fingerprint density at radius 3 is 2.76 bits per heavy atom. The molecule has 2 fully saturated rings. The summed E-state index contributed by atoms with van der Waals surface area (Å²) in [5.41, 5.74) is 6.79. The third-order valence-corrected chi connectivity index (χ3v) is 5.57. The number of hydrogen-bond donors (Lipinski definition) is 1. The molecule has 0 aromatic carbocycles. The van der Waals surface area contributed by atoms with E-state index < -0.39 is 0 Å². The van der Waals surface area contributed by atoms with Gasteiger partial charge in [0, 0.05) is 37.0 Å². The van der Waals surface area contributed by atoms with Crippen LogP contribution < -0.4 is 10.6 Å².